The Morgan fingerprint density at radius 3 is 2.78 bits per heavy atom. The highest BCUT2D eigenvalue weighted by atomic mass is 35.5. The van der Waals surface area contributed by atoms with Crippen molar-refractivity contribution in [3.63, 3.8) is 0 Å². The minimum Gasteiger partial charge on any atom is -0.463 e. The minimum absolute atomic E-state index is 0.103. The topological polar surface area (TPSA) is 85.3 Å². The van der Waals surface area contributed by atoms with Crippen LogP contribution >= 0.6 is 23.4 Å². The van der Waals surface area contributed by atoms with Crippen molar-refractivity contribution in [2.75, 3.05) is 5.75 Å². The Hall–Kier alpha value is -2.84. The predicted molar refractivity (Wildman–Crippen MR) is 103 cm³/mol. The number of thioether (sulfide) groups is 1. The Labute approximate surface area is 163 Å². The molecule has 0 unspecified atom stereocenters. The number of benzene rings is 1. The predicted octanol–water partition coefficient (Wildman–Crippen LogP) is 3.45. The molecule has 0 aliphatic carbocycles. The number of halogens is 1. The van der Waals surface area contributed by atoms with E-state index in [0.29, 0.717) is 33.8 Å². The lowest BCUT2D eigenvalue weighted by atomic mass is 10.2. The second-order valence-electron chi connectivity index (χ2n) is 5.64. The number of rotatable bonds is 6. The lowest BCUT2D eigenvalue weighted by Gasteiger charge is -2.05. The molecule has 0 aliphatic heterocycles. The number of hydrogen-bond donors (Lipinski definition) is 1. The summed E-state index contributed by atoms with van der Waals surface area (Å²) in [6, 6.07) is 14.6. The smallest absolute Gasteiger partial charge is 0.230 e. The highest BCUT2D eigenvalue weighted by Gasteiger charge is 2.12. The van der Waals surface area contributed by atoms with Crippen LogP contribution < -0.4 is 5.32 Å². The van der Waals surface area contributed by atoms with Crippen LogP contribution in [0.4, 0.5) is 0 Å². The van der Waals surface area contributed by atoms with Gasteiger partial charge in [0, 0.05) is 11.6 Å². The summed E-state index contributed by atoms with van der Waals surface area (Å²) in [5, 5.41) is 16.7. The van der Waals surface area contributed by atoms with Gasteiger partial charge in [0.1, 0.15) is 5.69 Å². The lowest BCUT2D eigenvalue weighted by molar-refractivity contribution is -0.118. The number of amides is 1. The molecule has 0 saturated carbocycles. The lowest BCUT2D eigenvalue weighted by Crippen LogP contribution is -2.24. The molecule has 7 nitrogen and oxygen atoms in total. The number of nitrogens with zero attached hydrogens (tertiary/aromatic N) is 4. The molecule has 0 spiro atoms. The summed E-state index contributed by atoms with van der Waals surface area (Å²) >= 11 is 7.13. The van der Waals surface area contributed by atoms with Gasteiger partial charge in [0.25, 0.3) is 0 Å². The van der Waals surface area contributed by atoms with E-state index < -0.39 is 0 Å². The van der Waals surface area contributed by atoms with Gasteiger partial charge >= 0.3 is 0 Å². The molecule has 0 fully saturated rings. The normalized spacial score (nSPS) is 11.0. The highest BCUT2D eigenvalue weighted by Crippen LogP contribution is 2.20. The second-order valence-corrected chi connectivity index (χ2v) is 7.02. The van der Waals surface area contributed by atoms with Crippen LogP contribution in [0, 0.1) is 0 Å². The van der Waals surface area contributed by atoms with E-state index in [1.807, 2.05) is 30.3 Å². The van der Waals surface area contributed by atoms with Gasteiger partial charge in [0.15, 0.2) is 11.4 Å². The van der Waals surface area contributed by atoms with Crippen molar-refractivity contribution in [1.29, 1.82) is 0 Å². The van der Waals surface area contributed by atoms with Crippen molar-refractivity contribution < 1.29 is 9.21 Å². The van der Waals surface area contributed by atoms with Gasteiger partial charge in [0.05, 0.1) is 12.0 Å². The van der Waals surface area contributed by atoms with E-state index in [4.69, 9.17) is 16.0 Å². The van der Waals surface area contributed by atoms with Crippen LogP contribution in [0.3, 0.4) is 0 Å². The molecule has 0 saturated heterocycles. The van der Waals surface area contributed by atoms with E-state index in [9.17, 15) is 4.79 Å². The largest absolute Gasteiger partial charge is 0.463 e. The second kappa shape index (κ2) is 7.81. The third-order valence-corrected chi connectivity index (χ3v) is 4.91. The quantitative estimate of drug-likeness (QED) is 0.500. The standard InChI is InChI=1S/C18H14ClN5O2S/c19-13-5-3-12(4-6-13)10-20-17(25)11-27-18-22-21-16-8-7-14(23-24(16)18)15-2-1-9-26-15/h1-9H,10-11H2,(H,20,25). The maximum Gasteiger partial charge on any atom is 0.230 e. The van der Waals surface area contributed by atoms with Gasteiger partial charge < -0.3 is 9.73 Å². The highest BCUT2D eigenvalue weighted by molar-refractivity contribution is 7.99. The molecule has 0 atom stereocenters. The number of aromatic nitrogens is 4. The zero-order valence-electron chi connectivity index (χ0n) is 14.0. The van der Waals surface area contributed by atoms with Crippen LogP contribution in [-0.4, -0.2) is 31.5 Å². The zero-order valence-corrected chi connectivity index (χ0v) is 15.6. The van der Waals surface area contributed by atoms with Crippen LogP contribution in [0.5, 0.6) is 0 Å². The summed E-state index contributed by atoms with van der Waals surface area (Å²) in [6.45, 7) is 0.442. The van der Waals surface area contributed by atoms with Crippen LogP contribution in [0.15, 0.2) is 64.4 Å². The fraction of sp³-hybridized carbons (Fsp3) is 0.111. The molecular formula is C18H14ClN5O2S. The molecule has 0 aliphatic rings. The molecule has 9 heteroatoms. The van der Waals surface area contributed by atoms with Crippen molar-refractivity contribution in [1.82, 2.24) is 25.1 Å². The van der Waals surface area contributed by atoms with E-state index in [1.165, 1.54) is 11.8 Å². The van der Waals surface area contributed by atoms with E-state index in [0.717, 1.165) is 5.56 Å². The molecule has 136 valence electrons. The van der Waals surface area contributed by atoms with Gasteiger partial charge in [-0.1, -0.05) is 35.5 Å². The van der Waals surface area contributed by atoms with Gasteiger partial charge in [-0.05, 0) is 42.0 Å². The third-order valence-electron chi connectivity index (χ3n) is 3.74. The van der Waals surface area contributed by atoms with E-state index in [-0.39, 0.29) is 11.7 Å². The average Bonchev–Trinajstić information content (AvgIpc) is 3.35. The first-order chi connectivity index (χ1) is 13.2. The molecule has 3 heterocycles. The van der Waals surface area contributed by atoms with E-state index >= 15 is 0 Å². The Bertz CT molecular complexity index is 1060. The fourth-order valence-electron chi connectivity index (χ4n) is 2.40. The van der Waals surface area contributed by atoms with Crippen LogP contribution in [0.2, 0.25) is 5.02 Å². The first-order valence-corrected chi connectivity index (χ1v) is 9.46. The van der Waals surface area contributed by atoms with E-state index in [1.54, 1.807) is 29.0 Å². The summed E-state index contributed by atoms with van der Waals surface area (Å²) < 4.78 is 6.97. The number of hydrogen-bond acceptors (Lipinski definition) is 6. The number of fused-ring (bicyclic) bond motifs is 1. The SMILES string of the molecule is O=C(CSc1nnc2ccc(-c3ccco3)nn12)NCc1ccc(Cl)cc1. The summed E-state index contributed by atoms with van der Waals surface area (Å²) in [6.07, 6.45) is 1.59. The van der Waals surface area contributed by atoms with Gasteiger partial charge in [-0.15, -0.1) is 10.2 Å². The molecule has 0 radical (unpaired) electrons. The minimum atomic E-state index is -0.103. The number of carbonyl (C=O) groups is 1. The molecule has 0 bridgehead atoms. The Morgan fingerprint density at radius 2 is 2.00 bits per heavy atom. The first kappa shape index (κ1) is 17.6. The fourth-order valence-corrected chi connectivity index (χ4v) is 3.24. The van der Waals surface area contributed by atoms with Gasteiger partial charge in [-0.3, -0.25) is 4.79 Å². The Kier molecular flexibility index (Phi) is 5.08. The molecular weight excluding hydrogens is 386 g/mol. The monoisotopic (exact) mass is 399 g/mol. The van der Waals surface area contributed by atoms with Crippen molar-refractivity contribution in [3.8, 4) is 11.5 Å². The molecule has 4 rings (SSSR count). The van der Waals surface area contributed by atoms with Crippen LogP contribution in [0.25, 0.3) is 17.1 Å². The maximum atomic E-state index is 12.1. The molecule has 1 N–H and O–H groups in total. The summed E-state index contributed by atoms with van der Waals surface area (Å²) in [7, 11) is 0. The van der Waals surface area contributed by atoms with Crippen molar-refractivity contribution in [3.05, 3.63) is 65.4 Å². The number of carbonyl (C=O) groups excluding carboxylic acids is 1. The van der Waals surface area contributed by atoms with Crippen LogP contribution in [-0.2, 0) is 11.3 Å². The van der Waals surface area contributed by atoms with E-state index in [2.05, 4.69) is 20.6 Å². The maximum absolute atomic E-state index is 12.1. The number of nitrogens with one attached hydrogen (secondary N) is 1. The summed E-state index contributed by atoms with van der Waals surface area (Å²) in [4.78, 5) is 12.1. The third kappa shape index (κ3) is 4.12. The average molecular weight is 400 g/mol. The summed E-state index contributed by atoms with van der Waals surface area (Å²) in [5.74, 6) is 0.761. The van der Waals surface area contributed by atoms with Crippen molar-refractivity contribution in [2.45, 2.75) is 11.7 Å². The Balaban J connectivity index is 1.40. The molecule has 27 heavy (non-hydrogen) atoms. The van der Waals surface area contributed by atoms with Crippen molar-refractivity contribution >= 4 is 34.9 Å². The first-order valence-electron chi connectivity index (χ1n) is 8.09. The zero-order chi connectivity index (χ0) is 18.6. The molecule has 1 amide bonds. The number of furan rings is 1. The molecule has 1 aromatic carbocycles. The summed E-state index contributed by atoms with van der Waals surface area (Å²) in [5.41, 5.74) is 2.26. The van der Waals surface area contributed by atoms with Gasteiger partial charge in [-0.2, -0.15) is 9.61 Å². The van der Waals surface area contributed by atoms with Crippen LogP contribution in [0.1, 0.15) is 5.56 Å². The van der Waals surface area contributed by atoms with Gasteiger partial charge in [0.2, 0.25) is 11.1 Å². The van der Waals surface area contributed by atoms with Gasteiger partial charge in [-0.25, -0.2) is 0 Å². The Morgan fingerprint density at radius 1 is 1.15 bits per heavy atom. The van der Waals surface area contributed by atoms with Crippen molar-refractivity contribution in [2.24, 2.45) is 0 Å². The molecule has 4 aromatic rings. The molecule has 3 aromatic heterocycles.